The third-order valence-corrected chi connectivity index (χ3v) is 4.91. The van der Waals surface area contributed by atoms with Crippen LogP contribution in [0, 0.1) is 11.3 Å². The van der Waals surface area contributed by atoms with E-state index in [9.17, 15) is 0 Å². The maximum Gasteiger partial charge on any atom is 0.123 e. The Morgan fingerprint density at radius 1 is 1.24 bits per heavy atom. The van der Waals surface area contributed by atoms with Crippen LogP contribution in [0.5, 0.6) is 5.75 Å². The Labute approximate surface area is 134 Å². The molecule has 2 unspecified atom stereocenters. The number of benzene rings is 1. The molecule has 0 heterocycles. The minimum atomic E-state index is 0.358. The Balaban J connectivity index is 2.05. The second kappa shape index (κ2) is 7.02. The molecule has 1 fully saturated rings. The zero-order valence-electron chi connectivity index (χ0n) is 13.7. The first-order valence-electron chi connectivity index (χ1n) is 7.97. The summed E-state index contributed by atoms with van der Waals surface area (Å²) in [4.78, 5) is 0. The Morgan fingerprint density at radius 2 is 1.95 bits per heavy atom. The first-order valence-corrected chi connectivity index (χ1v) is 8.35. The van der Waals surface area contributed by atoms with Gasteiger partial charge in [0.1, 0.15) is 5.75 Å². The van der Waals surface area contributed by atoms with Crippen molar-refractivity contribution in [2.24, 2.45) is 11.3 Å². The highest BCUT2D eigenvalue weighted by atomic mass is 35.5. The van der Waals surface area contributed by atoms with Gasteiger partial charge in [-0.05, 0) is 42.4 Å². The molecule has 118 valence electrons. The van der Waals surface area contributed by atoms with Crippen LogP contribution in [0.25, 0.3) is 0 Å². The summed E-state index contributed by atoms with van der Waals surface area (Å²) in [5, 5.41) is 4.53. The van der Waals surface area contributed by atoms with Crippen molar-refractivity contribution < 1.29 is 4.74 Å². The summed E-state index contributed by atoms with van der Waals surface area (Å²) in [5.41, 5.74) is 1.50. The van der Waals surface area contributed by atoms with E-state index in [1.165, 1.54) is 25.7 Å². The van der Waals surface area contributed by atoms with Gasteiger partial charge in [0.15, 0.2) is 0 Å². The van der Waals surface area contributed by atoms with E-state index in [1.54, 1.807) is 7.11 Å². The van der Waals surface area contributed by atoms with Gasteiger partial charge in [0.05, 0.1) is 7.11 Å². The lowest BCUT2D eigenvalue weighted by Gasteiger charge is -2.41. The van der Waals surface area contributed by atoms with Crippen LogP contribution >= 0.6 is 11.6 Å². The van der Waals surface area contributed by atoms with Crippen LogP contribution in [0.3, 0.4) is 0 Å². The van der Waals surface area contributed by atoms with E-state index in [4.69, 9.17) is 16.3 Å². The molecule has 0 aromatic heterocycles. The van der Waals surface area contributed by atoms with Crippen LogP contribution in [-0.4, -0.2) is 13.2 Å². The number of hydrogen-bond acceptors (Lipinski definition) is 2. The monoisotopic (exact) mass is 309 g/mol. The van der Waals surface area contributed by atoms with Crippen LogP contribution in [0.15, 0.2) is 18.2 Å². The fourth-order valence-electron chi connectivity index (χ4n) is 3.54. The molecule has 1 aromatic carbocycles. The lowest BCUT2D eigenvalue weighted by molar-refractivity contribution is 0.130. The second-order valence-corrected chi connectivity index (χ2v) is 7.64. The number of nitrogens with one attached hydrogen (secondary N) is 1. The summed E-state index contributed by atoms with van der Waals surface area (Å²) in [6, 6.07) is 6.41. The Morgan fingerprint density at radius 3 is 2.62 bits per heavy atom. The molecule has 0 amide bonds. The topological polar surface area (TPSA) is 21.3 Å². The van der Waals surface area contributed by atoms with Gasteiger partial charge in [0.2, 0.25) is 0 Å². The van der Waals surface area contributed by atoms with Crippen molar-refractivity contribution in [2.75, 3.05) is 7.11 Å². The number of methoxy groups -OCH3 is 1. The van der Waals surface area contributed by atoms with Crippen molar-refractivity contribution in [3.8, 4) is 5.75 Å². The Hall–Kier alpha value is -0.730. The lowest BCUT2D eigenvalue weighted by atomic mass is 9.69. The van der Waals surface area contributed by atoms with Crippen molar-refractivity contribution in [3.63, 3.8) is 0 Å². The number of halogens is 1. The maximum atomic E-state index is 6.11. The Bertz CT molecular complexity index is 467. The molecule has 1 aliphatic carbocycles. The molecule has 1 aromatic rings. The zero-order valence-corrected chi connectivity index (χ0v) is 14.5. The van der Waals surface area contributed by atoms with E-state index in [0.717, 1.165) is 28.8 Å². The van der Waals surface area contributed by atoms with E-state index in [2.05, 4.69) is 26.1 Å². The summed E-state index contributed by atoms with van der Waals surface area (Å²) in [6.07, 6.45) is 5.29. The molecule has 0 radical (unpaired) electrons. The highest BCUT2D eigenvalue weighted by Crippen LogP contribution is 2.38. The van der Waals surface area contributed by atoms with Gasteiger partial charge in [-0.1, -0.05) is 45.2 Å². The fourth-order valence-corrected chi connectivity index (χ4v) is 3.73. The molecule has 0 bridgehead atoms. The molecule has 2 rings (SSSR count). The summed E-state index contributed by atoms with van der Waals surface area (Å²) in [5.74, 6) is 1.64. The second-order valence-electron chi connectivity index (χ2n) is 7.20. The molecule has 2 nitrogen and oxygen atoms in total. The molecule has 0 saturated heterocycles. The standard InChI is InChI=1S/C18H28ClNO/c1-18(2,3)15-7-5-6-8-16(15)20-12-13-11-14(19)9-10-17(13)21-4/h9-11,15-16,20H,5-8,12H2,1-4H3. The first kappa shape index (κ1) is 16.6. The van der Waals surface area contributed by atoms with E-state index in [0.29, 0.717) is 11.5 Å². The van der Waals surface area contributed by atoms with Gasteiger partial charge in [0.25, 0.3) is 0 Å². The lowest BCUT2D eigenvalue weighted by Crippen LogP contribution is -2.43. The van der Waals surface area contributed by atoms with E-state index in [-0.39, 0.29) is 0 Å². The average Bonchev–Trinajstić information content (AvgIpc) is 2.44. The molecule has 3 heteroatoms. The predicted octanol–water partition coefficient (Wildman–Crippen LogP) is 5.04. The molecule has 2 atom stereocenters. The van der Waals surface area contributed by atoms with E-state index in [1.807, 2.05) is 18.2 Å². The highest BCUT2D eigenvalue weighted by Gasteiger charge is 2.33. The molecule has 1 aliphatic rings. The first-order chi connectivity index (χ1) is 9.91. The van der Waals surface area contributed by atoms with Crippen LogP contribution in [0.4, 0.5) is 0 Å². The van der Waals surface area contributed by atoms with Crippen LogP contribution in [-0.2, 0) is 6.54 Å². The fraction of sp³-hybridized carbons (Fsp3) is 0.667. The summed E-state index contributed by atoms with van der Waals surface area (Å²) < 4.78 is 5.44. The predicted molar refractivity (Wildman–Crippen MR) is 90.0 cm³/mol. The third kappa shape index (κ3) is 4.37. The van der Waals surface area contributed by atoms with Crippen molar-refractivity contribution in [1.82, 2.24) is 5.32 Å². The van der Waals surface area contributed by atoms with E-state index >= 15 is 0 Å². The smallest absolute Gasteiger partial charge is 0.123 e. The molecule has 0 spiro atoms. The number of ether oxygens (including phenoxy) is 1. The van der Waals surface area contributed by atoms with Gasteiger partial charge in [0, 0.05) is 23.2 Å². The van der Waals surface area contributed by atoms with Gasteiger partial charge >= 0.3 is 0 Å². The molecule has 1 N–H and O–H groups in total. The average molecular weight is 310 g/mol. The van der Waals surface area contributed by atoms with Gasteiger partial charge in [-0.25, -0.2) is 0 Å². The zero-order chi connectivity index (χ0) is 15.5. The van der Waals surface area contributed by atoms with Crippen molar-refractivity contribution in [2.45, 2.75) is 59.0 Å². The summed E-state index contributed by atoms with van der Waals surface area (Å²) in [7, 11) is 1.71. The SMILES string of the molecule is COc1ccc(Cl)cc1CNC1CCCCC1C(C)(C)C. The molecule has 0 aliphatic heterocycles. The van der Waals surface area contributed by atoms with Gasteiger partial charge in [-0.3, -0.25) is 0 Å². The summed E-state index contributed by atoms with van der Waals surface area (Å²) in [6.45, 7) is 7.90. The van der Waals surface area contributed by atoms with Crippen LogP contribution < -0.4 is 10.1 Å². The van der Waals surface area contributed by atoms with Crippen molar-refractivity contribution >= 4 is 11.6 Å². The van der Waals surface area contributed by atoms with Gasteiger partial charge in [-0.15, -0.1) is 0 Å². The third-order valence-electron chi connectivity index (χ3n) is 4.68. The van der Waals surface area contributed by atoms with Crippen LogP contribution in [0.1, 0.15) is 52.0 Å². The normalized spacial score (nSPS) is 23.1. The molecule has 21 heavy (non-hydrogen) atoms. The molecule has 1 saturated carbocycles. The largest absolute Gasteiger partial charge is 0.496 e. The quantitative estimate of drug-likeness (QED) is 0.841. The summed E-state index contributed by atoms with van der Waals surface area (Å²) >= 11 is 6.11. The maximum absolute atomic E-state index is 6.11. The Kier molecular flexibility index (Phi) is 5.56. The van der Waals surface area contributed by atoms with E-state index < -0.39 is 0 Å². The molecular weight excluding hydrogens is 282 g/mol. The minimum Gasteiger partial charge on any atom is -0.496 e. The van der Waals surface area contributed by atoms with Gasteiger partial charge in [-0.2, -0.15) is 0 Å². The van der Waals surface area contributed by atoms with Crippen LogP contribution in [0.2, 0.25) is 5.02 Å². The highest BCUT2D eigenvalue weighted by molar-refractivity contribution is 6.30. The number of hydrogen-bond donors (Lipinski definition) is 1. The van der Waals surface area contributed by atoms with Crippen molar-refractivity contribution in [1.29, 1.82) is 0 Å². The number of rotatable bonds is 4. The van der Waals surface area contributed by atoms with Crippen molar-refractivity contribution in [3.05, 3.63) is 28.8 Å². The molecular formula is C18H28ClNO. The minimum absolute atomic E-state index is 0.358. The van der Waals surface area contributed by atoms with Gasteiger partial charge < -0.3 is 10.1 Å².